The summed E-state index contributed by atoms with van der Waals surface area (Å²) < 4.78 is 0. The van der Waals surface area contributed by atoms with Crippen molar-refractivity contribution in [1.82, 2.24) is 5.06 Å². The van der Waals surface area contributed by atoms with E-state index < -0.39 is 11.5 Å². The van der Waals surface area contributed by atoms with Gasteiger partial charge in [0.05, 0.1) is 25.1 Å². The average molecular weight is 279 g/mol. The first kappa shape index (κ1) is 16.7. The Kier molecular flexibility index (Phi) is 5.72. The van der Waals surface area contributed by atoms with Gasteiger partial charge in [-0.2, -0.15) is 5.06 Å². The third-order valence-electron chi connectivity index (χ3n) is 3.40. The van der Waals surface area contributed by atoms with E-state index in [2.05, 4.69) is 13.8 Å². The summed E-state index contributed by atoms with van der Waals surface area (Å²) in [5.41, 5.74) is 0.536. The molecule has 0 fully saturated rings. The molecule has 4 nitrogen and oxygen atoms in total. The highest BCUT2D eigenvalue weighted by Crippen LogP contribution is 2.35. The molecule has 4 heteroatoms. The Morgan fingerprint density at radius 1 is 1.30 bits per heavy atom. The first-order valence-electron chi connectivity index (χ1n) is 6.89. The highest BCUT2D eigenvalue weighted by molar-refractivity contribution is 5.68. The fourth-order valence-corrected chi connectivity index (χ4v) is 2.63. The van der Waals surface area contributed by atoms with Crippen LogP contribution in [0.1, 0.15) is 45.7 Å². The van der Waals surface area contributed by atoms with E-state index in [9.17, 15) is 4.79 Å². The average Bonchev–Trinajstić information content (AvgIpc) is 2.34. The summed E-state index contributed by atoms with van der Waals surface area (Å²) >= 11 is 0. The van der Waals surface area contributed by atoms with E-state index in [0.29, 0.717) is 5.92 Å². The van der Waals surface area contributed by atoms with Crippen molar-refractivity contribution in [3.05, 3.63) is 35.9 Å². The van der Waals surface area contributed by atoms with Crippen LogP contribution in [0, 0.1) is 5.92 Å². The molecule has 0 aliphatic carbocycles. The molecule has 1 aromatic rings. The second-order valence-corrected chi connectivity index (χ2v) is 5.99. The van der Waals surface area contributed by atoms with E-state index in [-0.39, 0.29) is 12.5 Å². The second kappa shape index (κ2) is 6.86. The first-order chi connectivity index (χ1) is 9.29. The number of carboxylic acids is 1. The molecular formula is C16H25NO3. The zero-order chi connectivity index (χ0) is 15.3. The predicted octanol–water partition coefficient (Wildman–Crippen LogP) is 3.50. The van der Waals surface area contributed by atoms with Crippen molar-refractivity contribution in [2.75, 3.05) is 7.11 Å². The molecule has 0 aliphatic rings. The lowest BCUT2D eigenvalue weighted by Crippen LogP contribution is -2.48. The van der Waals surface area contributed by atoms with E-state index in [4.69, 9.17) is 9.94 Å². The van der Waals surface area contributed by atoms with Crippen LogP contribution in [0.4, 0.5) is 0 Å². The van der Waals surface area contributed by atoms with Gasteiger partial charge >= 0.3 is 5.97 Å². The second-order valence-electron chi connectivity index (χ2n) is 5.99. The number of aliphatic carboxylic acids is 1. The number of carboxylic acid groups (broad SMARTS) is 1. The van der Waals surface area contributed by atoms with Crippen LogP contribution >= 0.6 is 0 Å². The molecule has 1 rings (SSSR count). The zero-order valence-corrected chi connectivity index (χ0v) is 13.0. The summed E-state index contributed by atoms with van der Waals surface area (Å²) in [5.74, 6) is -0.530. The minimum absolute atomic E-state index is 0.00977. The number of carbonyl (C=O) groups is 1. The molecule has 112 valence electrons. The number of hydrogen-bond acceptors (Lipinski definition) is 3. The van der Waals surface area contributed by atoms with Gasteiger partial charge in [0, 0.05) is 0 Å². The van der Waals surface area contributed by atoms with Crippen molar-refractivity contribution in [3.63, 3.8) is 0 Å². The summed E-state index contributed by atoms with van der Waals surface area (Å²) in [5, 5.41) is 10.9. The molecule has 0 saturated heterocycles. The Labute approximate surface area is 121 Å². The molecule has 0 bridgehead atoms. The quantitative estimate of drug-likeness (QED) is 0.776. The lowest BCUT2D eigenvalue weighted by Gasteiger charge is -2.42. The van der Waals surface area contributed by atoms with E-state index in [1.165, 1.54) is 0 Å². The molecule has 1 atom stereocenters. The molecule has 0 amide bonds. The highest BCUT2D eigenvalue weighted by Gasteiger charge is 2.37. The Bertz CT molecular complexity index is 429. The Hall–Kier alpha value is -1.39. The van der Waals surface area contributed by atoms with Gasteiger partial charge in [0.2, 0.25) is 0 Å². The van der Waals surface area contributed by atoms with Crippen LogP contribution in [0.25, 0.3) is 0 Å². The fourth-order valence-electron chi connectivity index (χ4n) is 2.63. The maximum Gasteiger partial charge on any atom is 0.305 e. The highest BCUT2D eigenvalue weighted by atomic mass is 16.7. The summed E-state index contributed by atoms with van der Waals surface area (Å²) in [6, 6.07) is 10.1. The van der Waals surface area contributed by atoms with Gasteiger partial charge in [-0.25, -0.2) is 0 Å². The van der Waals surface area contributed by atoms with E-state index in [1.807, 2.05) is 44.2 Å². The van der Waals surface area contributed by atoms with Crippen LogP contribution in [0.3, 0.4) is 0 Å². The molecule has 0 aromatic heterocycles. The van der Waals surface area contributed by atoms with Gasteiger partial charge in [0.15, 0.2) is 0 Å². The molecule has 1 aromatic carbocycles. The van der Waals surface area contributed by atoms with Gasteiger partial charge in [-0.3, -0.25) is 4.79 Å². The molecule has 1 N–H and O–H groups in total. The summed E-state index contributed by atoms with van der Waals surface area (Å²) in [6.45, 7) is 8.01. The first-order valence-corrected chi connectivity index (χ1v) is 6.89. The van der Waals surface area contributed by atoms with Crippen molar-refractivity contribution in [3.8, 4) is 0 Å². The fraction of sp³-hybridized carbons (Fsp3) is 0.562. The molecule has 0 heterocycles. The van der Waals surface area contributed by atoms with Crippen molar-refractivity contribution >= 4 is 5.97 Å². The Morgan fingerprint density at radius 3 is 2.25 bits per heavy atom. The summed E-state index contributed by atoms with van der Waals surface area (Å²) in [4.78, 5) is 16.6. The molecular weight excluding hydrogens is 254 g/mol. The maximum absolute atomic E-state index is 11.1. The normalized spacial score (nSPS) is 13.8. The van der Waals surface area contributed by atoms with Crippen LogP contribution in [0.5, 0.6) is 0 Å². The van der Waals surface area contributed by atoms with Gasteiger partial charge in [0.1, 0.15) is 0 Å². The molecule has 0 saturated carbocycles. The van der Waals surface area contributed by atoms with Gasteiger partial charge in [-0.05, 0) is 25.3 Å². The van der Waals surface area contributed by atoms with Crippen LogP contribution in [-0.4, -0.2) is 28.8 Å². The van der Waals surface area contributed by atoms with Crippen LogP contribution in [0.15, 0.2) is 30.3 Å². The van der Waals surface area contributed by atoms with Crippen molar-refractivity contribution in [2.24, 2.45) is 5.92 Å². The Balaban J connectivity index is 3.14. The van der Waals surface area contributed by atoms with Gasteiger partial charge in [-0.1, -0.05) is 44.2 Å². The van der Waals surface area contributed by atoms with E-state index in [1.54, 1.807) is 12.2 Å². The van der Waals surface area contributed by atoms with E-state index in [0.717, 1.165) is 5.56 Å². The molecule has 0 radical (unpaired) electrons. The van der Waals surface area contributed by atoms with E-state index >= 15 is 0 Å². The smallest absolute Gasteiger partial charge is 0.305 e. The zero-order valence-electron chi connectivity index (χ0n) is 13.0. The van der Waals surface area contributed by atoms with Crippen molar-refractivity contribution < 1.29 is 14.7 Å². The summed E-state index contributed by atoms with van der Waals surface area (Å²) in [7, 11) is 1.60. The standard InChI is InChI=1S/C16H25NO3/c1-12(2)15(13-9-7-6-8-10-13)17(20-5)16(3,4)11-14(18)19/h6-10,12,15H,11H2,1-5H3,(H,18,19). The largest absolute Gasteiger partial charge is 0.481 e. The van der Waals surface area contributed by atoms with Gasteiger partial charge in [0.25, 0.3) is 0 Å². The van der Waals surface area contributed by atoms with Crippen LogP contribution < -0.4 is 0 Å². The van der Waals surface area contributed by atoms with Crippen molar-refractivity contribution in [2.45, 2.75) is 45.7 Å². The van der Waals surface area contributed by atoms with Crippen LogP contribution in [-0.2, 0) is 9.63 Å². The number of benzene rings is 1. The SMILES string of the molecule is CON(C(c1ccccc1)C(C)C)C(C)(C)CC(=O)O. The third-order valence-corrected chi connectivity index (χ3v) is 3.40. The monoisotopic (exact) mass is 279 g/mol. The van der Waals surface area contributed by atoms with Crippen LogP contribution in [0.2, 0.25) is 0 Å². The number of rotatable bonds is 7. The van der Waals surface area contributed by atoms with Gasteiger partial charge < -0.3 is 9.94 Å². The predicted molar refractivity (Wildman–Crippen MR) is 79.2 cm³/mol. The number of hydrogen-bond donors (Lipinski definition) is 1. The Morgan fingerprint density at radius 2 is 1.85 bits per heavy atom. The van der Waals surface area contributed by atoms with Gasteiger partial charge in [-0.15, -0.1) is 0 Å². The molecule has 0 spiro atoms. The molecule has 0 aliphatic heterocycles. The minimum atomic E-state index is -0.826. The minimum Gasteiger partial charge on any atom is -0.481 e. The topological polar surface area (TPSA) is 49.8 Å². The third kappa shape index (κ3) is 4.05. The molecule has 20 heavy (non-hydrogen) atoms. The summed E-state index contributed by atoms with van der Waals surface area (Å²) in [6.07, 6.45) is 0.0247. The lowest BCUT2D eigenvalue weighted by molar-refractivity contribution is -0.233. The maximum atomic E-state index is 11.1. The molecule has 1 unspecified atom stereocenters. The lowest BCUT2D eigenvalue weighted by atomic mass is 9.90. The number of hydroxylamine groups is 2. The number of nitrogens with zero attached hydrogens (tertiary/aromatic N) is 1. The van der Waals surface area contributed by atoms with Crippen molar-refractivity contribution in [1.29, 1.82) is 0 Å².